The molecule has 9 aromatic carbocycles. The minimum Gasteiger partial charge on any atom is -0.505 e. The van der Waals surface area contributed by atoms with Crippen molar-refractivity contribution >= 4 is 125 Å². The van der Waals surface area contributed by atoms with E-state index in [0.29, 0.717) is 79.4 Å². The number of nitrogens with two attached hydrogens (primary N) is 2. The van der Waals surface area contributed by atoms with E-state index >= 15 is 0 Å². The van der Waals surface area contributed by atoms with E-state index in [1.54, 1.807) is 100 Å². The Hall–Kier alpha value is -10.1. The number of phenolic OH excluding ortho intramolecular Hbond substituents is 2. The minimum absolute atomic E-state index is 0.136. The summed E-state index contributed by atoms with van der Waals surface area (Å²) in [6.07, 6.45) is 0. The molecule has 26 nitrogen and oxygen atoms in total. The third kappa shape index (κ3) is 12.5. The summed E-state index contributed by atoms with van der Waals surface area (Å²) in [7, 11) is -20.4. The molecule has 0 aliphatic heterocycles. The van der Waals surface area contributed by atoms with Crippen LogP contribution in [0.4, 0.5) is 45.5 Å². The normalized spacial score (nSPS) is 12.3. The van der Waals surface area contributed by atoms with Crippen molar-refractivity contribution in [1.29, 1.82) is 0 Å². The molecule has 0 spiro atoms. The zero-order chi connectivity index (χ0) is 63.6. The number of anilines is 4. The summed E-state index contributed by atoms with van der Waals surface area (Å²) < 4.78 is 135. The van der Waals surface area contributed by atoms with E-state index in [0.717, 1.165) is 36.4 Å². The van der Waals surface area contributed by atoms with E-state index < -0.39 is 111 Å². The number of nitrogens with one attached hydrogen (secondary N) is 2. The molecule has 0 saturated heterocycles. The van der Waals surface area contributed by atoms with Crippen molar-refractivity contribution in [3.8, 4) is 33.8 Å². The average Bonchev–Trinajstić information content (AvgIpc) is 0.786. The van der Waals surface area contributed by atoms with Crippen LogP contribution in [-0.2, 0) is 40.5 Å². The number of azo groups is 2. The molecular formula is C57H46N8O18S4. The van der Waals surface area contributed by atoms with Crippen LogP contribution in [0, 0.1) is 27.7 Å². The lowest BCUT2D eigenvalue weighted by atomic mass is 9.99. The van der Waals surface area contributed by atoms with Gasteiger partial charge in [0, 0.05) is 33.3 Å². The van der Waals surface area contributed by atoms with E-state index in [9.17, 15) is 81.6 Å². The molecule has 0 atom stereocenters. The van der Waals surface area contributed by atoms with Gasteiger partial charge in [-0.2, -0.15) is 43.9 Å². The molecular weight excluding hydrogens is 1210 g/mol. The average molecular weight is 1260 g/mol. The van der Waals surface area contributed by atoms with Gasteiger partial charge in [-0.25, -0.2) is 4.79 Å². The maximum Gasteiger partial charge on any atom is 0.335 e. The van der Waals surface area contributed by atoms with E-state index in [2.05, 4.69) is 31.1 Å². The Morgan fingerprint density at radius 1 is 0.391 bits per heavy atom. The number of benzene rings is 9. The minimum atomic E-state index is -5.12. The third-order valence-electron chi connectivity index (χ3n) is 13.8. The number of fused-ring (bicyclic) bond motifs is 2. The van der Waals surface area contributed by atoms with E-state index in [1.165, 1.54) is 6.07 Å². The number of carboxylic acids is 1. The first-order valence-electron chi connectivity index (χ1n) is 24.9. The SMILES string of the molecule is Cc1cc(-c2ccc(NC(=O)c3cc(C(=O)O)cc(C(=O)Nc4ccc(-c5ccc(N=Nc6ccc7c(S(=O)(=O)O)cc(S(=O)(=O)O)c(N)c7c6O)c(C)c5)cc4C)c3)c(C)c2)ccc1N=Nc1ccc2c(S(=O)(=O)O)cc(S(=O)(=O)O)c(N)c2c1O. The van der Waals surface area contributed by atoms with E-state index in [-0.39, 0.29) is 38.8 Å². The zero-order valence-corrected chi connectivity index (χ0v) is 48.6. The molecule has 9 aromatic rings. The summed E-state index contributed by atoms with van der Waals surface area (Å²) in [5.41, 5.74) is 15.9. The van der Waals surface area contributed by atoms with Crippen LogP contribution < -0.4 is 22.1 Å². The number of aromatic carboxylic acids is 1. The highest BCUT2D eigenvalue weighted by Gasteiger charge is 2.29. The Labute approximate surface area is 494 Å². The van der Waals surface area contributed by atoms with Crippen LogP contribution in [0.2, 0.25) is 0 Å². The number of carbonyl (C=O) groups excluding carboxylic acids is 2. The summed E-state index contributed by atoms with van der Waals surface area (Å²) in [6, 6.07) is 29.4. The van der Waals surface area contributed by atoms with Crippen molar-refractivity contribution in [3.05, 3.63) is 166 Å². The summed E-state index contributed by atoms with van der Waals surface area (Å²) in [5, 5.41) is 52.4. The largest absolute Gasteiger partial charge is 0.505 e. The van der Waals surface area contributed by atoms with Gasteiger partial charge < -0.3 is 37.4 Å². The molecule has 0 heterocycles. The van der Waals surface area contributed by atoms with Gasteiger partial charge in [0.1, 0.15) is 31.0 Å². The number of carbonyl (C=O) groups is 3. The van der Waals surface area contributed by atoms with Crippen LogP contribution in [0.1, 0.15) is 53.3 Å². The Morgan fingerprint density at radius 2 is 0.690 bits per heavy atom. The summed E-state index contributed by atoms with van der Waals surface area (Å²) in [6.45, 7) is 6.88. The Balaban J connectivity index is 0.882. The standard InChI is InChI=1S/C57H46N8O18S4/c1-26-17-30(32-7-13-41(28(3)19-32)62-64-43-15-9-37-45(84(72,73)74)24-47(86(78,79)80)51(58)49(37)53(43)66)5-11-39(26)60-55(68)34-21-35(23-36(22-34)57(70)71)56(69)61-40-12-6-31(18-27(40)2)33-8-14-42(29(4)20-33)63-65-44-16-10-38-46(85(75,76)77)25-48(87(81,82)83)52(59)50(38)54(44)67/h5-25,66-67H,58-59H2,1-4H3,(H,60,68)(H,61,69)(H,70,71)(H,72,73,74)(H,75,76,77)(H,78,79,80)(H,81,82,83). The van der Waals surface area contributed by atoms with Gasteiger partial charge in [-0.1, -0.05) is 36.4 Å². The number of nitrogen functional groups attached to an aromatic ring is 2. The summed E-state index contributed by atoms with van der Waals surface area (Å²) in [5.74, 6) is -4.43. The molecule has 13 N–H and O–H groups in total. The first-order valence-corrected chi connectivity index (χ1v) is 30.7. The molecule has 0 aliphatic rings. The molecule has 0 bridgehead atoms. The lowest BCUT2D eigenvalue weighted by molar-refractivity contribution is 0.0696. The number of phenols is 2. The van der Waals surface area contributed by atoms with Gasteiger partial charge in [0.25, 0.3) is 52.3 Å². The van der Waals surface area contributed by atoms with Crippen molar-refractivity contribution in [2.75, 3.05) is 22.1 Å². The van der Waals surface area contributed by atoms with Crippen LogP contribution in [0.3, 0.4) is 0 Å². The lowest BCUT2D eigenvalue weighted by Gasteiger charge is -2.14. The second-order valence-corrected chi connectivity index (χ2v) is 25.2. The highest BCUT2D eigenvalue weighted by molar-refractivity contribution is 7.87. The Bertz CT molecular complexity index is 4750. The van der Waals surface area contributed by atoms with Gasteiger partial charge in [-0.3, -0.25) is 27.8 Å². The molecule has 2 amide bonds. The molecule has 0 aromatic heterocycles. The van der Waals surface area contributed by atoms with E-state index in [1.807, 2.05) is 0 Å². The van der Waals surface area contributed by atoms with Crippen LogP contribution in [-0.4, -0.2) is 85.0 Å². The predicted octanol–water partition coefficient (Wildman–Crippen LogP) is 11.2. The third-order valence-corrected chi connectivity index (χ3v) is 17.4. The van der Waals surface area contributed by atoms with Crippen molar-refractivity contribution in [1.82, 2.24) is 0 Å². The maximum absolute atomic E-state index is 13.8. The molecule has 0 radical (unpaired) electrons. The number of hydrogen-bond donors (Lipinski definition) is 11. The van der Waals surface area contributed by atoms with Crippen LogP contribution in [0.25, 0.3) is 43.8 Å². The van der Waals surface area contributed by atoms with Gasteiger partial charge in [-0.15, -0.1) is 10.2 Å². The molecule has 446 valence electrons. The smallest absolute Gasteiger partial charge is 0.335 e. The monoisotopic (exact) mass is 1260 g/mol. The molecule has 87 heavy (non-hydrogen) atoms. The van der Waals surface area contributed by atoms with Crippen molar-refractivity contribution in [3.63, 3.8) is 0 Å². The summed E-state index contributed by atoms with van der Waals surface area (Å²) >= 11 is 0. The molecule has 0 unspecified atom stereocenters. The number of rotatable bonds is 15. The van der Waals surface area contributed by atoms with Gasteiger partial charge in [-0.05, 0) is 163 Å². The van der Waals surface area contributed by atoms with Crippen LogP contribution >= 0.6 is 0 Å². The van der Waals surface area contributed by atoms with Gasteiger partial charge in [0.05, 0.1) is 39.1 Å². The lowest BCUT2D eigenvalue weighted by Crippen LogP contribution is -2.18. The van der Waals surface area contributed by atoms with Gasteiger partial charge in [0.2, 0.25) is 0 Å². The Kier molecular flexibility index (Phi) is 16.1. The number of carboxylic acid groups (broad SMARTS) is 1. The molecule has 30 heteroatoms. The maximum atomic E-state index is 13.8. The van der Waals surface area contributed by atoms with Crippen LogP contribution in [0.5, 0.6) is 11.5 Å². The first kappa shape index (κ1) is 61.5. The highest BCUT2D eigenvalue weighted by atomic mass is 32.2. The fraction of sp³-hybridized carbons (Fsp3) is 0.0702. The topological polar surface area (TPSA) is 455 Å². The second-order valence-electron chi connectivity index (χ2n) is 19.7. The molecule has 0 fully saturated rings. The second kappa shape index (κ2) is 22.7. The molecule has 0 saturated carbocycles. The zero-order valence-electron chi connectivity index (χ0n) is 45.3. The number of amides is 2. The van der Waals surface area contributed by atoms with Crippen molar-refractivity contribution < 1.29 is 81.6 Å². The van der Waals surface area contributed by atoms with Crippen molar-refractivity contribution in [2.45, 2.75) is 47.3 Å². The fourth-order valence-corrected chi connectivity index (χ4v) is 12.3. The van der Waals surface area contributed by atoms with Crippen molar-refractivity contribution in [2.24, 2.45) is 20.5 Å². The Morgan fingerprint density at radius 3 is 1.00 bits per heavy atom. The highest BCUT2D eigenvalue weighted by Crippen LogP contribution is 2.46. The number of aromatic hydroxyl groups is 2. The van der Waals surface area contributed by atoms with E-state index in [4.69, 9.17) is 11.5 Å². The van der Waals surface area contributed by atoms with Crippen LogP contribution in [0.15, 0.2) is 167 Å². The number of aryl methyl sites for hydroxylation is 4. The quantitative estimate of drug-likeness (QED) is 0.0258. The number of nitrogens with zero attached hydrogens (tertiary/aromatic N) is 4. The number of hydrogen-bond acceptors (Lipinski definition) is 19. The first-order chi connectivity index (χ1) is 40.6. The fourth-order valence-electron chi connectivity index (χ4n) is 9.41. The predicted molar refractivity (Wildman–Crippen MR) is 320 cm³/mol. The summed E-state index contributed by atoms with van der Waals surface area (Å²) in [4.78, 5) is 35.8. The van der Waals surface area contributed by atoms with Gasteiger partial charge >= 0.3 is 5.97 Å². The van der Waals surface area contributed by atoms with Gasteiger partial charge in [0.15, 0.2) is 11.5 Å². The molecule has 0 aliphatic carbocycles. The molecule has 9 rings (SSSR count).